The average Bonchev–Trinajstić information content (AvgIpc) is 3.16. The van der Waals surface area contributed by atoms with Gasteiger partial charge in [0.2, 0.25) is 10.0 Å². The van der Waals surface area contributed by atoms with Crippen molar-refractivity contribution in [2.75, 3.05) is 26.9 Å². The van der Waals surface area contributed by atoms with E-state index in [0.29, 0.717) is 24.8 Å². The lowest BCUT2D eigenvalue weighted by Crippen LogP contribution is -2.44. The molecule has 1 saturated heterocycles. The van der Waals surface area contributed by atoms with Crippen molar-refractivity contribution in [3.8, 4) is 5.75 Å². The number of benzene rings is 1. The molecule has 1 aromatic carbocycles. The Morgan fingerprint density at radius 2 is 2.08 bits per heavy atom. The van der Waals surface area contributed by atoms with Crippen LogP contribution in [0.3, 0.4) is 0 Å². The van der Waals surface area contributed by atoms with Crippen LogP contribution in [0.15, 0.2) is 40.6 Å². The fraction of sp³-hybridized carbons (Fsp3) is 0.412. The van der Waals surface area contributed by atoms with Crippen molar-refractivity contribution in [2.45, 2.75) is 23.2 Å². The molecule has 1 aromatic heterocycles. The van der Waals surface area contributed by atoms with Crippen molar-refractivity contribution in [1.29, 1.82) is 0 Å². The summed E-state index contributed by atoms with van der Waals surface area (Å²) >= 11 is 7.62. The first-order valence-electron chi connectivity index (χ1n) is 7.92. The summed E-state index contributed by atoms with van der Waals surface area (Å²) in [7, 11) is -2.31. The van der Waals surface area contributed by atoms with Crippen LogP contribution < -0.4 is 9.46 Å². The molecule has 0 spiro atoms. The second-order valence-corrected chi connectivity index (χ2v) is 9.11. The minimum atomic E-state index is -3.75. The van der Waals surface area contributed by atoms with Crippen LogP contribution in [0.4, 0.5) is 0 Å². The molecule has 25 heavy (non-hydrogen) atoms. The van der Waals surface area contributed by atoms with Gasteiger partial charge in [0.1, 0.15) is 10.6 Å². The minimum absolute atomic E-state index is 0.0517. The van der Waals surface area contributed by atoms with Gasteiger partial charge in [-0.05, 0) is 42.5 Å². The van der Waals surface area contributed by atoms with Crippen LogP contribution in [-0.4, -0.2) is 35.3 Å². The predicted octanol–water partition coefficient (Wildman–Crippen LogP) is 3.44. The molecule has 1 aliphatic heterocycles. The Morgan fingerprint density at radius 1 is 1.32 bits per heavy atom. The number of ether oxygens (including phenoxy) is 2. The third-order valence-electron chi connectivity index (χ3n) is 4.51. The number of thiophene rings is 1. The van der Waals surface area contributed by atoms with Gasteiger partial charge in [-0.15, -0.1) is 11.3 Å². The number of hydrogen-bond acceptors (Lipinski definition) is 5. The number of nitrogens with one attached hydrogen (secondary N) is 1. The third kappa shape index (κ3) is 4.01. The van der Waals surface area contributed by atoms with Gasteiger partial charge in [-0.1, -0.05) is 17.7 Å². The van der Waals surface area contributed by atoms with Crippen molar-refractivity contribution in [1.82, 2.24) is 4.72 Å². The molecule has 2 heterocycles. The van der Waals surface area contributed by atoms with Crippen LogP contribution in [-0.2, 0) is 20.2 Å². The van der Waals surface area contributed by atoms with Crippen LogP contribution in [0.1, 0.15) is 17.7 Å². The van der Waals surface area contributed by atoms with Crippen LogP contribution in [0.2, 0.25) is 5.02 Å². The third-order valence-corrected chi connectivity index (χ3v) is 7.28. The SMILES string of the molecule is COc1ccc(Cl)cc1S(=O)(=O)NCC1(c2cccs2)CCOCC1. The van der Waals surface area contributed by atoms with Crippen molar-refractivity contribution < 1.29 is 17.9 Å². The summed E-state index contributed by atoms with van der Waals surface area (Å²) < 4.78 is 39.1. The summed E-state index contributed by atoms with van der Waals surface area (Å²) in [5.74, 6) is 0.272. The monoisotopic (exact) mass is 401 g/mol. The molecule has 1 N–H and O–H groups in total. The van der Waals surface area contributed by atoms with Gasteiger partial charge in [0.05, 0.1) is 7.11 Å². The summed E-state index contributed by atoms with van der Waals surface area (Å²) in [6.45, 7) is 1.56. The smallest absolute Gasteiger partial charge is 0.244 e. The molecular formula is C17H20ClNO4S2. The molecule has 5 nitrogen and oxygen atoms in total. The number of methoxy groups -OCH3 is 1. The lowest BCUT2D eigenvalue weighted by molar-refractivity contribution is 0.0529. The molecular weight excluding hydrogens is 382 g/mol. The Hall–Kier alpha value is -1.12. The van der Waals surface area contributed by atoms with Crippen molar-refractivity contribution >= 4 is 33.0 Å². The molecule has 0 atom stereocenters. The standard InChI is InChI=1S/C17H20ClNO4S2/c1-22-14-5-4-13(18)11-15(14)25(20,21)19-12-17(6-8-23-9-7-17)16-3-2-10-24-16/h2-5,10-11,19H,6-9,12H2,1H3. The molecule has 3 rings (SSSR count). The maximum absolute atomic E-state index is 12.8. The summed E-state index contributed by atoms with van der Waals surface area (Å²) in [6, 6.07) is 8.62. The summed E-state index contributed by atoms with van der Waals surface area (Å²) in [6.07, 6.45) is 1.56. The highest BCUT2D eigenvalue weighted by molar-refractivity contribution is 7.89. The maximum atomic E-state index is 12.8. The van der Waals surface area contributed by atoms with Gasteiger partial charge in [-0.25, -0.2) is 13.1 Å². The highest BCUT2D eigenvalue weighted by Crippen LogP contribution is 2.37. The normalized spacial score (nSPS) is 17.4. The lowest BCUT2D eigenvalue weighted by Gasteiger charge is -2.36. The zero-order valence-electron chi connectivity index (χ0n) is 13.8. The van der Waals surface area contributed by atoms with E-state index >= 15 is 0 Å². The Labute approximate surface area is 157 Å². The van der Waals surface area contributed by atoms with Gasteiger partial charge in [0, 0.05) is 35.1 Å². The zero-order chi connectivity index (χ0) is 17.9. The van der Waals surface area contributed by atoms with Crippen molar-refractivity contribution in [2.24, 2.45) is 0 Å². The molecule has 0 unspecified atom stereocenters. The molecule has 8 heteroatoms. The van der Waals surface area contributed by atoms with E-state index in [1.165, 1.54) is 18.1 Å². The number of hydrogen-bond donors (Lipinski definition) is 1. The Morgan fingerprint density at radius 3 is 2.72 bits per heavy atom. The summed E-state index contributed by atoms with van der Waals surface area (Å²) in [4.78, 5) is 1.23. The Kier molecular flexibility index (Phi) is 5.70. The highest BCUT2D eigenvalue weighted by Gasteiger charge is 2.37. The molecule has 0 aliphatic carbocycles. The highest BCUT2D eigenvalue weighted by atomic mass is 35.5. The van der Waals surface area contributed by atoms with E-state index in [9.17, 15) is 8.42 Å². The minimum Gasteiger partial charge on any atom is -0.495 e. The van der Waals surface area contributed by atoms with Gasteiger partial charge in [0.15, 0.2) is 0 Å². The van der Waals surface area contributed by atoms with Crippen molar-refractivity contribution in [3.63, 3.8) is 0 Å². The second kappa shape index (κ2) is 7.63. The average molecular weight is 402 g/mol. The topological polar surface area (TPSA) is 64.6 Å². The molecule has 1 fully saturated rings. The quantitative estimate of drug-likeness (QED) is 0.805. The first kappa shape index (κ1) is 18.7. The molecule has 0 bridgehead atoms. The van der Waals surface area contributed by atoms with E-state index in [1.54, 1.807) is 23.5 Å². The lowest BCUT2D eigenvalue weighted by atomic mass is 9.79. The summed E-state index contributed by atoms with van der Waals surface area (Å²) in [5.41, 5.74) is -0.245. The number of rotatable bonds is 6. The fourth-order valence-electron chi connectivity index (χ4n) is 3.02. The number of sulfonamides is 1. The van der Waals surface area contributed by atoms with Crippen molar-refractivity contribution in [3.05, 3.63) is 45.6 Å². The van der Waals surface area contributed by atoms with Crippen LogP contribution in [0.25, 0.3) is 0 Å². The Bertz CT molecular complexity index is 815. The molecule has 2 aromatic rings. The van der Waals surface area contributed by atoms with Gasteiger partial charge in [-0.2, -0.15) is 0 Å². The van der Waals surface area contributed by atoms with Crippen LogP contribution in [0, 0.1) is 0 Å². The second-order valence-electron chi connectivity index (χ2n) is 5.99. The summed E-state index contributed by atoms with van der Waals surface area (Å²) in [5, 5.41) is 2.36. The van der Waals surface area contributed by atoms with Gasteiger partial charge < -0.3 is 9.47 Å². The molecule has 0 amide bonds. The number of halogens is 1. The predicted molar refractivity (Wildman–Crippen MR) is 99.2 cm³/mol. The molecule has 0 radical (unpaired) electrons. The first-order chi connectivity index (χ1) is 12.0. The van der Waals surface area contributed by atoms with E-state index < -0.39 is 10.0 Å². The van der Waals surface area contributed by atoms with E-state index in [2.05, 4.69) is 10.8 Å². The largest absolute Gasteiger partial charge is 0.495 e. The van der Waals surface area contributed by atoms with Gasteiger partial charge in [-0.3, -0.25) is 0 Å². The Balaban J connectivity index is 1.87. The molecule has 1 aliphatic rings. The maximum Gasteiger partial charge on any atom is 0.244 e. The van der Waals surface area contributed by atoms with Gasteiger partial charge in [0.25, 0.3) is 0 Å². The van der Waals surface area contributed by atoms with Gasteiger partial charge >= 0.3 is 0 Å². The van der Waals surface area contributed by atoms with E-state index in [-0.39, 0.29) is 16.1 Å². The van der Waals surface area contributed by atoms with E-state index in [1.807, 2.05) is 11.4 Å². The van der Waals surface area contributed by atoms with E-state index in [0.717, 1.165) is 12.8 Å². The van der Waals surface area contributed by atoms with Crippen LogP contribution >= 0.6 is 22.9 Å². The van der Waals surface area contributed by atoms with E-state index in [4.69, 9.17) is 21.1 Å². The first-order valence-corrected chi connectivity index (χ1v) is 10.7. The zero-order valence-corrected chi connectivity index (χ0v) is 16.2. The fourth-order valence-corrected chi connectivity index (χ4v) is 5.57. The molecule has 0 saturated carbocycles. The molecule has 136 valence electrons. The van der Waals surface area contributed by atoms with Crippen LogP contribution in [0.5, 0.6) is 5.75 Å².